The number of para-hydroxylation sites is 1. The van der Waals surface area contributed by atoms with Crippen LogP contribution in [0.4, 0.5) is 4.79 Å². The molecule has 4 rings (SSSR count). The number of amides is 2. The van der Waals surface area contributed by atoms with Crippen LogP contribution in [0.5, 0.6) is 11.5 Å². The van der Waals surface area contributed by atoms with Crippen molar-refractivity contribution >= 4 is 16.9 Å². The normalized spacial score (nSPS) is 14.5. The maximum atomic E-state index is 12.5. The molecule has 0 atom stereocenters. The average molecular weight is 379 g/mol. The number of aromatic nitrogens is 1. The lowest BCUT2D eigenvalue weighted by molar-refractivity contribution is 0.236. The molecule has 28 heavy (non-hydrogen) atoms. The van der Waals surface area contributed by atoms with E-state index in [2.05, 4.69) is 27.8 Å². The molecule has 6 heteroatoms. The van der Waals surface area contributed by atoms with Gasteiger partial charge < -0.3 is 25.1 Å². The average Bonchev–Trinajstić information content (AvgIpc) is 3.39. The van der Waals surface area contributed by atoms with Gasteiger partial charge in [0.25, 0.3) is 0 Å². The predicted octanol–water partition coefficient (Wildman–Crippen LogP) is 3.72. The third kappa shape index (κ3) is 3.50. The van der Waals surface area contributed by atoms with Gasteiger partial charge in [-0.15, -0.1) is 0 Å². The Balaban J connectivity index is 1.36. The minimum atomic E-state index is -0.315. The Morgan fingerprint density at radius 1 is 1.11 bits per heavy atom. The standard InChI is InChI=1S/C22H25N3O3/c1-27-19-8-7-16(13-20(19)28-2)22(10-11-22)25-21(26)23-12-9-15-14-24-18-6-4-3-5-17(15)18/h3-8,13-14,24H,9-12H2,1-2H3,(H2,23,25,26). The second-order valence-electron chi connectivity index (χ2n) is 7.14. The number of ether oxygens (including phenoxy) is 2. The molecule has 3 aromatic rings. The molecule has 0 spiro atoms. The highest BCUT2D eigenvalue weighted by molar-refractivity contribution is 5.83. The number of aromatic amines is 1. The Bertz CT molecular complexity index is 992. The van der Waals surface area contributed by atoms with Crippen LogP contribution in [0.3, 0.4) is 0 Å². The molecule has 1 aliphatic rings. The van der Waals surface area contributed by atoms with Gasteiger partial charge in [-0.1, -0.05) is 24.3 Å². The summed E-state index contributed by atoms with van der Waals surface area (Å²) in [4.78, 5) is 15.7. The molecule has 1 aromatic heterocycles. The van der Waals surface area contributed by atoms with Crippen molar-refractivity contribution in [2.45, 2.75) is 24.8 Å². The zero-order chi connectivity index (χ0) is 19.6. The number of methoxy groups -OCH3 is 2. The van der Waals surface area contributed by atoms with Crippen molar-refractivity contribution in [3.8, 4) is 11.5 Å². The topological polar surface area (TPSA) is 75.4 Å². The summed E-state index contributed by atoms with van der Waals surface area (Å²) in [5, 5.41) is 7.32. The summed E-state index contributed by atoms with van der Waals surface area (Å²) in [6.45, 7) is 0.579. The van der Waals surface area contributed by atoms with Crippen molar-refractivity contribution in [1.29, 1.82) is 0 Å². The second kappa shape index (κ2) is 7.46. The minimum absolute atomic E-state index is 0.146. The lowest BCUT2D eigenvalue weighted by Crippen LogP contribution is -2.42. The molecule has 1 heterocycles. The molecular formula is C22H25N3O3. The van der Waals surface area contributed by atoms with Gasteiger partial charge in [0.15, 0.2) is 11.5 Å². The number of H-pyrrole nitrogens is 1. The van der Waals surface area contributed by atoms with Crippen LogP contribution in [0.1, 0.15) is 24.0 Å². The summed E-state index contributed by atoms with van der Waals surface area (Å²) in [6, 6.07) is 13.9. The first-order valence-electron chi connectivity index (χ1n) is 9.49. The first-order valence-corrected chi connectivity index (χ1v) is 9.49. The number of hydrogen-bond acceptors (Lipinski definition) is 3. The van der Waals surface area contributed by atoms with E-state index in [4.69, 9.17) is 9.47 Å². The van der Waals surface area contributed by atoms with Crippen molar-refractivity contribution in [2.24, 2.45) is 0 Å². The zero-order valence-corrected chi connectivity index (χ0v) is 16.2. The maximum absolute atomic E-state index is 12.5. The van der Waals surface area contributed by atoms with Crippen LogP contribution >= 0.6 is 0 Å². The Morgan fingerprint density at radius 3 is 2.64 bits per heavy atom. The number of nitrogens with one attached hydrogen (secondary N) is 3. The largest absolute Gasteiger partial charge is 0.493 e. The molecule has 0 unspecified atom stereocenters. The third-order valence-corrected chi connectivity index (χ3v) is 5.39. The van der Waals surface area contributed by atoms with Crippen LogP contribution < -0.4 is 20.1 Å². The molecule has 0 radical (unpaired) electrons. The van der Waals surface area contributed by atoms with Crippen molar-refractivity contribution in [3.63, 3.8) is 0 Å². The lowest BCUT2D eigenvalue weighted by Gasteiger charge is -2.20. The SMILES string of the molecule is COc1ccc(C2(NC(=O)NCCc3c[nH]c4ccccc34)CC2)cc1OC. The maximum Gasteiger partial charge on any atom is 0.315 e. The van der Waals surface area contributed by atoms with Gasteiger partial charge in [0.2, 0.25) is 0 Å². The van der Waals surface area contributed by atoms with E-state index in [1.807, 2.05) is 36.5 Å². The molecule has 146 valence electrons. The van der Waals surface area contributed by atoms with Crippen molar-refractivity contribution in [2.75, 3.05) is 20.8 Å². The molecular weight excluding hydrogens is 354 g/mol. The molecule has 3 N–H and O–H groups in total. The van der Waals surface area contributed by atoms with E-state index >= 15 is 0 Å². The summed E-state index contributed by atoms with van der Waals surface area (Å²) in [5.41, 5.74) is 3.05. The smallest absolute Gasteiger partial charge is 0.315 e. The summed E-state index contributed by atoms with van der Waals surface area (Å²) >= 11 is 0. The van der Waals surface area contributed by atoms with E-state index < -0.39 is 0 Å². The Hall–Kier alpha value is -3.15. The highest BCUT2D eigenvalue weighted by Gasteiger charge is 2.46. The van der Waals surface area contributed by atoms with Crippen LogP contribution in [0.25, 0.3) is 10.9 Å². The van der Waals surface area contributed by atoms with Crippen LogP contribution in [0.15, 0.2) is 48.7 Å². The first kappa shape index (κ1) is 18.2. The van der Waals surface area contributed by atoms with E-state index in [0.717, 1.165) is 30.3 Å². The van der Waals surface area contributed by atoms with Gasteiger partial charge in [0, 0.05) is 23.6 Å². The monoisotopic (exact) mass is 379 g/mol. The highest BCUT2D eigenvalue weighted by Crippen LogP contribution is 2.47. The number of rotatable bonds is 7. The first-order chi connectivity index (χ1) is 13.6. The second-order valence-corrected chi connectivity index (χ2v) is 7.14. The molecule has 2 amide bonds. The summed E-state index contributed by atoms with van der Waals surface area (Å²) in [6.07, 6.45) is 4.62. The Labute approximate surface area is 164 Å². The quantitative estimate of drug-likeness (QED) is 0.586. The molecule has 1 aliphatic carbocycles. The third-order valence-electron chi connectivity index (χ3n) is 5.39. The molecule has 1 saturated carbocycles. The van der Waals surface area contributed by atoms with E-state index in [1.54, 1.807) is 14.2 Å². The van der Waals surface area contributed by atoms with Gasteiger partial charge in [-0.05, 0) is 48.6 Å². The molecule has 6 nitrogen and oxygen atoms in total. The van der Waals surface area contributed by atoms with Gasteiger partial charge in [0.05, 0.1) is 19.8 Å². The van der Waals surface area contributed by atoms with E-state index in [0.29, 0.717) is 18.0 Å². The molecule has 2 aromatic carbocycles. The van der Waals surface area contributed by atoms with Crippen LogP contribution in [-0.4, -0.2) is 31.8 Å². The number of benzene rings is 2. The van der Waals surface area contributed by atoms with E-state index in [-0.39, 0.29) is 11.6 Å². The van der Waals surface area contributed by atoms with Crippen molar-refractivity contribution < 1.29 is 14.3 Å². The van der Waals surface area contributed by atoms with E-state index in [9.17, 15) is 4.79 Å². The fourth-order valence-electron chi connectivity index (χ4n) is 3.66. The number of hydrogen-bond donors (Lipinski definition) is 3. The fourth-order valence-corrected chi connectivity index (χ4v) is 3.66. The van der Waals surface area contributed by atoms with Crippen LogP contribution in [0.2, 0.25) is 0 Å². The molecule has 0 saturated heterocycles. The molecule has 1 fully saturated rings. The summed E-state index contributed by atoms with van der Waals surface area (Å²) in [7, 11) is 3.23. The number of carbonyl (C=O) groups excluding carboxylic acids is 1. The van der Waals surface area contributed by atoms with Gasteiger partial charge in [-0.2, -0.15) is 0 Å². The van der Waals surface area contributed by atoms with Crippen LogP contribution in [0, 0.1) is 0 Å². The number of urea groups is 1. The highest BCUT2D eigenvalue weighted by atomic mass is 16.5. The predicted molar refractivity (Wildman–Crippen MR) is 109 cm³/mol. The molecule has 0 aliphatic heterocycles. The summed E-state index contributed by atoms with van der Waals surface area (Å²) < 4.78 is 10.7. The van der Waals surface area contributed by atoms with Crippen molar-refractivity contribution in [1.82, 2.24) is 15.6 Å². The van der Waals surface area contributed by atoms with Gasteiger partial charge >= 0.3 is 6.03 Å². The fraction of sp³-hybridized carbons (Fsp3) is 0.318. The van der Waals surface area contributed by atoms with Crippen molar-refractivity contribution in [3.05, 3.63) is 59.8 Å². The minimum Gasteiger partial charge on any atom is -0.493 e. The van der Waals surface area contributed by atoms with E-state index in [1.165, 1.54) is 10.9 Å². The van der Waals surface area contributed by atoms with Gasteiger partial charge in [-0.3, -0.25) is 0 Å². The Kier molecular flexibility index (Phi) is 4.86. The number of fused-ring (bicyclic) bond motifs is 1. The van der Waals surface area contributed by atoms with Gasteiger partial charge in [0.1, 0.15) is 0 Å². The lowest BCUT2D eigenvalue weighted by atomic mass is 10.0. The Morgan fingerprint density at radius 2 is 1.89 bits per heavy atom. The number of carbonyl (C=O) groups is 1. The van der Waals surface area contributed by atoms with Crippen LogP contribution in [-0.2, 0) is 12.0 Å². The zero-order valence-electron chi connectivity index (χ0n) is 16.2. The molecule has 0 bridgehead atoms. The van der Waals surface area contributed by atoms with Gasteiger partial charge in [-0.25, -0.2) is 4.79 Å². The summed E-state index contributed by atoms with van der Waals surface area (Å²) in [5.74, 6) is 1.36.